The Morgan fingerprint density at radius 3 is 2.93 bits per heavy atom. The van der Waals surface area contributed by atoms with Gasteiger partial charge >= 0.3 is 5.97 Å². The molecule has 3 N–H and O–H groups in total. The molecule has 0 fully saturated rings. The molecule has 0 aliphatic heterocycles. The van der Waals surface area contributed by atoms with E-state index in [2.05, 4.69) is 12.6 Å². The molecule has 72 valence electrons. The van der Waals surface area contributed by atoms with Crippen LogP contribution in [0.2, 0.25) is 0 Å². The molecule has 0 unspecified atom stereocenters. The Bertz CT molecular complexity index is 519. The van der Waals surface area contributed by atoms with Crippen LogP contribution in [-0.2, 0) is 0 Å². The first-order valence-corrected chi connectivity index (χ1v) is 5.16. The molecule has 5 heteroatoms. The molecule has 0 aliphatic rings. The third-order valence-electron chi connectivity index (χ3n) is 1.97. The fourth-order valence-corrected chi connectivity index (χ4v) is 2.53. The minimum absolute atomic E-state index is 0.233. The first-order chi connectivity index (χ1) is 6.61. The molecule has 0 atom stereocenters. The Hall–Kier alpha value is -1.20. The average Bonchev–Trinajstić information content (AvgIpc) is 2.59. The van der Waals surface area contributed by atoms with E-state index >= 15 is 0 Å². The second kappa shape index (κ2) is 3.18. The molecule has 1 heterocycles. The molecule has 0 radical (unpaired) electrons. The van der Waals surface area contributed by atoms with Gasteiger partial charge in [-0.3, -0.25) is 0 Å². The van der Waals surface area contributed by atoms with Crippen LogP contribution in [-0.4, -0.2) is 11.1 Å². The third-order valence-corrected chi connectivity index (χ3v) is 3.54. The van der Waals surface area contributed by atoms with E-state index in [-0.39, 0.29) is 5.56 Å². The van der Waals surface area contributed by atoms with Crippen LogP contribution in [0.3, 0.4) is 0 Å². The standard InChI is InChI=1S/C9H7NO2S2/c10-6-3-5(9(11)12)4-1-2-14-8(4)7(6)13/h1-3,13H,10H2,(H,11,12). The highest BCUT2D eigenvalue weighted by Crippen LogP contribution is 2.34. The zero-order valence-electron chi connectivity index (χ0n) is 7.02. The number of carboxylic acids is 1. The number of hydrogen-bond donors (Lipinski definition) is 3. The van der Waals surface area contributed by atoms with Gasteiger partial charge in [0.1, 0.15) is 0 Å². The number of thiophene rings is 1. The molecule has 0 bridgehead atoms. The Labute approximate surface area is 89.6 Å². The summed E-state index contributed by atoms with van der Waals surface area (Å²) in [5, 5.41) is 11.5. The molecule has 0 amide bonds. The largest absolute Gasteiger partial charge is 0.478 e. The van der Waals surface area contributed by atoms with Crippen LogP contribution in [0.5, 0.6) is 0 Å². The van der Waals surface area contributed by atoms with E-state index in [1.54, 1.807) is 6.07 Å². The molecule has 3 nitrogen and oxygen atoms in total. The van der Waals surface area contributed by atoms with Crippen molar-refractivity contribution in [3.05, 3.63) is 23.1 Å². The molecule has 2 rings (SSSR count). The maximum absolute atomic E-state index is 10.9. The second-order valence-corrected chi connectivity index (χ2v) is 4.19. The summed E-state index contributed by atoms with van der Waals surface area (Å²) in [6.07, 6.45) is 0. The summed E-state index contributed by atoms with van der Waals surface area (Å²) in [5.41, 5.74) is 6.29. The van der Waals surface area contributed by atoms with Crippen molar-refractivity contribution >= 4 is 45.7 Å². The first kappa shape index (κ1) is 9.36. The molecule has 0 aliphatic carbocycles. The summed E-state index contributed by atoms with van der Waals surface area (Å²) in [7, 11) is 0. The normalized spacial score (nSPS) is 10.6. The summed E-state index contributed by atoms with van der Waals surface area (Å²) < 4.78 is 0.825. The lowest BCUT2D eigenvalue weighted by atomic mass is 10.1. The molecular weight excluding hydrogens is 218 g/mol. The van der Waals surface area contributed by atoms with Crippen LogP contribution in [0, 0.1) is 0 Å². The molecule has 0 saturated carbocycles. The summed E-state index contributed by atoms with van der Waals surface area (Å²) in [5.74, 6) is -0.964. The van der Waals surface area contributed by atoms with Crippen LogP contribution < -0.4 is 5.73 Å². The maximum Gasteiger partial charge on any atom is 0.336 e. The smallest absolute Gasteiger partial charge is 0.336 e. The summed E-state index contributed by atoms with van der Waals surface area (Å²) >= 11 is 5.68. The van der Waals surface area contributed by atoms with E-state index in [4.69, 9.17) is 10.8 Å². The summed E-state index contributed by atoms with van der Waals surface area (Å²) in [6.45, 7) is 0. The Kier molecular flexibility index (Phi) is 2.13. The fraction of sp³-hybridized carbons (Fsp3) is 0. The number of aromatic carboxylic acids is 1. The predicted octanol–water partition coefficient (Wildman–Crippen LogP) is 2.47. The van der Waals surface area contributed by atoms with Gasteiger partial charge in [-0.1, -0.05) is 0 Å². The minimum atomic E-state index is -0.964. The highest BCUT2D eigenvalue weighted by atomic mass is 32.1. The van der Waals surface area contributed by atoms with Gasteiger partial charge in [0.2, 0.25) is 0 Å². The quantitative estimate of drug-likeness (QED) is 0.516. The van der Waals surface area contributed by atoms with Crippen molar-refractivity contribution in [1.82, 2.24) is 0 Å². The molecule has 1 aromatic heterocycles. The predicted molar refractivity (Wildman–Crippen MR) is 60.4 cm³/mol. The van der Waals surface area contributed by atoms with E-state index in [0.29, 0.717) is 16.0 Å². The van der Waals surface area contributed by atoms with Crippen LogP contribution in [0.25, 0.3) is 10.1 Å². The van der Waals surface area contributed by atoms with Crippen molar-refractivity contribution in [3.8, 4) is 0 Å². The molecule has 2 aromatic rings. The number of carbonyl (C=O) groups is 1. The molecular formula is C9H7NO2S2. The Morgan fingerprint density at radius 2 is 2.29 bits per heavy atom. The minimum Gasteiger partial charge on any atom is -0.478 e. The number of fused-ring (bicyclic) bond motifs is 1. The molecule has 14 heavy (non-hydrogen) atoms. The number of benzene rings is 1. The lowest BCUT2D eigenvalue weighted by Crippen LogP contribution is -1.99. The average molecular weight is 225 g/mol. The lowest BCUT2D eigenvalue weighted by Gasteiger charge is -2.03. The monoisotopic (exact) mass is 225 g/mol. The third kappa shape index (κ3) is 1.25. The van der Waals surface area contributed by atoms with Crippen molar-refractivity contribution in [2.45, 2.75) is 4.90 Å². The highest BCUT2D eigenvalue weighted by molar-refractivity contribution is 7.81. The van der Waals surface area contributed by atoms with E-state index in [1.165, 1.54) is 17.4 Å². The van der Waals surface area contributed by atoms with Crippen molar-refractivity contribution in [1.29, 1.82) is 0 Å². The van der Waals surface area contributed by atoms with Crippen LogP contribution >= 0.6 is 24.0 Å². The van der Waals surface area contributed by atoms with Gasteiger partial charge in [-0.25, -0.2) is 4.79 Å². The zero-order valence-corrected chi connectivity index (χ0v) is 8.73. The number of thiol groups is 1. The first-order valence-electron chi connectivity index (χ1n) is 3.83. The topological polar surface area (TPSA) is 63.3 Å². The Morgan fingerprint density at radius 1 is 1.57 bits per heavy atom. The van der Waals surface area contributed by atoms with Gasteiger partial charge in [0.25, 0.3) is 0 Å². The van der Waals surface area contributed by atoms with Crippen LogP contribution in [0.1, 0.15) is 10.4 Å². The zero-order chi connectivity index (χ0) is 10.3. The van der Waals surface area contributed by atoms with Gasteiger partial charge in [0.15, 0.2) is 0 Å². The highest BCUT2D eigenvalue weighted by Gasteiger charge is 2.13. The number of nitrogens with two attached hydrogens (primary N) is 1. The van der Waals surface area contributed by atoms with Gasteiger partial charge in [0.05, 0.1) is 10.3 Å². The summed E-state index contributed by atoms with van der Waals surface area (Å²) in [4.78, 5) is 11.6. The SMILES string of the molecule is Nc1cc(C(=O)O)c2ccsc2c1S. The van der Waals surface area contributed by atoms with Crippen molar-refractivity contribution < 1.29 is 9.90 Å². The van der Waals surface area contributed by atoms with Gasteiger partial charge < -0.3 is 10.8 Å². The summed E-state index contributed by atoms with van der Waals surface area (Å²) in [6, 6.07) is 3.21. The molecule has 0 spiro atoms. The second-order valence-electron chi connectivity index (χ2n) is 2.83. The molecule has 1 aromatic carbocycles. The number of hydrogen-bond acceptors (Lipinski definition) is 4. The fourth-order valence-electron chi connectivity index (χ4n) is 1.31. The van der Waals surface area contributed by atoms with Gasteiger partial charge in [-0.2, -0.15) is 0 Å². The van der Waals surface area contributed by atoms with E-state index in [9.17, 15) is 4.79 Å². The van der Waals surface area contributed by atoms with Crippen LogP contribution in [0.4, 0.5) is 5.69 Å². The van der Waals surface area contributed by atoms with E-state index in [0.717, 1.165) is 4.70 Å². The van der Waals surface area contributed by atoms with Crippen molar-refractivity contribution in [2.24, 2.45) is 0 Å². The van der Waals surface area contributed by atoms with Crippen molar-refractivity contribution in [2.75, 3.05) is 5.73 Å². The molecule has 0 saturated heterocycles. The number of carboxylic acid groups (broad SMARTS) is 1. The number of rotatable bonds is 1. The number of nitrogen functional groups attached to an aromatic ring is 1. The van der Waals surface area contributed by atoms with Crippen LogP contribution in [0.15, 0.2) is 22.4 Å². The van der Waals surface area contributed by atoms with Gasteiger partial charge in [0, 0.05) is 16.0 Å². The van der Waals surface area contributed by atoms with Crippen molar-refractivity contribution in [3.63, 3.8) is 0 Å². The van der Waals surface area contributed by atoms with Gasteiger partial charge in [-0.15, -0.1) is 24.0 Å². The van der Waals surface area contributed by atoms with E-state index in [1.807, 2.05) is 5.38 Å². The number of anilines is 1. The lowest BCUT2D eigenvalue weighted by molar-refractivity contribution is 0.0699. The van der Waals surface area contributed by atoms with E-state index < -0.39 is 5.97 Å². The Balaban J connectivity index is 2.91. The maximum atomic E-state index is 10.9. The van der Waals surface area contributed by atoms with Gasteiger partial charge in [-0.05, 0) is 17.5 Å².